The molecule has 1 atom stereocenters. The first-order chi connectivity index (χ1) is 20.4. The van der Waals surface area contributed by atoms with Crippen LogP contribution in [0.25, 0.3) is 0 Å². The number of hydrogen-bond donors (Lipinski definition) is 1. The number of carbonyl (C=O) groups excluding carboxylic acids is 2. The third-order valence-electron chi connectivity index (χ3n) is 7.86. The maximum absolute atomic E-state index is 14.3. The molecule has 3 aromatic carbocycles. The summed E-state index contributed by atoms with van der Waals surface area (Å²) in [4.78, 5) is 29.7. The average molecular weight is 645 g/mol. The molecular weight excluding hydrogens is 605 g/mol. The number of rotatable bonds is 12. The third kappa shape index (κ3) is 8.97. The van der Waals surface area contributed by atoms with Crippen LogP contribution in [-0.4, -0.2) is 50.0 Å². The van der Waals surface area contributed by atoms with Crippen LogP contribution in [0.15, 0.2) is 72.8 Å². The number of amides is 2. The second kappa shape index (κ2) is 14.6. The van der Waals surface area contributed by atoms with Gasteiger partial charge in [-0.05, 0) is 59.7 Å². The number of halogens is 2. The Labute approximate surface area is 265 Å². The van der Waals surface area contributed by atoms with Gasteiger partial charge in [-0.3, -0.25) is 13.9 Å². The molecule has 4 rings (SSSR count). The van der Waals surface area contributed by atoms with E-state index < -0.39 is 28.5 Å². The summed E-state index contributed by atoms with van der Waals surface area (Å²) >= 11 is 12.7. The highest BCUT2D eigenvalue weighted by Gasteiger charge is 2.34. The van der Waals surface area contributed by atoms with Crippen molar-refractivity contribution in [3.8, 4) is 0 Å². The summed E-state index contributed by atoms with van der Waals surface area (Å²) in [5.74, 6) is -0.535. The molecule has 1 fully saturated rings. The highest BCUT2D eigenvalue weighted by atomic mass is 35.5. The SMILES string of the molecule is CC(C)c1ccc(N(CC(=O)N(Cc2ccc(Cl)cc2Cl)[C@@H](Cc2ccccc2)C(=O)NC2CCCC2)S(C)(=O)=O)cc1. The molecule has 230 valence electrons. The highest BCUT2D eigenvalue weighted by molar-refractivity contribution is 7.92. The van der Waals surface area contributed by atoms with E-state index in [1.54, 1.807) is 30.3 Å². The summed E-state index contributed by atoms with van der Waals surface area (Å²) in [5, 5.41) is 3.95. The van der Waals surface area contributed by atoms with E-state index in [9.17, 15) is 18.0 Å². The van der Waals surface area contributed by atoms with E-state index in [4.69, 9.17) is 23.2 Å². The minimum Gasteiger partial charge on any atom is -0.352 e. The van der Waals surface area contributed by atoms with Crippen LogP contribution in [0, 0.1) is 0 Å². The van der Waals surface area contributed by atoms with Crippen LogP contribution >= 0.6 is 23.2 Å². The quantitative estimate of drug-likeness (QED) is 0.241. The van der Waals surface area contributed by atoms with E-state index in [-0.39, 0.29) is 30.8 Å². The van der Waals surface area contributed by atoms with Crippen LogP contribution in [0.2, 0.25) is 10.0 Å². The van der Waals surface area contributed by atoms with Crippen LogP contribution < -0.4 is 9.62 Å². The van der Waals surface area contributed by atoms with Gasteiger partial charge >= 0.3 is 0 Å². The van der Waals surface area contributed by atoms with Gasteiger partial charge in [0.2, 0.25) is 21.8 Å². The Kier molecular flexibility index (Phi) is 11.2. The standard InChI is InChI=1S/C33H39Cl2N3O4S/c1-23(2)25-14-17-29(18-15-25)38(43(3,41)42)22-32(39)37(21-26-13-16-27(34)20-30(26)35)31(19-24-9-5-4-6-10-24)33(40)36-28-11-7-8-12-28/h4-6,9-10,13-18,20,23,28,31H,7-8,11-12,19,21-22H2,1-3H3,(H,36,40)/t31-/m0/s1. The highest BCUT2D eigenvalue weighted by Crippen LogP contribution is 2.27. The molecule has 0 saturated heterocycles. The molecule has 10 heteroatoms. The molecule has 0 unspecified atom stereocenters. The van der Waals surface area contributed by atoms with Crippen LogP contribution in [0.1, 0.15) is 62.1 Å². The monoisotopic (exact) mass is 643 g/mol. The smallest absolute Gasteiger partial charge is 0.244 e. The molecule has 3 aromatic rings. The van der Waals surface area contributed by atoms with E-state index in [0.717, 1.165) is 47.4 Å². The van der Waals surface area contributed by atoms with E-state index in [1.165, 1.54) is 4.90 Å². The molecule has 1 N–H and O–H groups in total. The van der Waals surface area contributed by atoms with Gasteiger partial charge in [-0.1, -0.05) is 98.4 Å². The van der Waals surface area contributed by atoms with Crippen LogP contribution in [-0.2, 0) is 32.6 Å². The fourth-order valence-electron chi connectivity index (χ4n) is 5.39. The zero-order chi connectivity index (χ0) is 31.1. The van der Waals surface area contributed by atoms with E-state index in [0.29, 0.717) is 21.3 Å². The lowest BCUT2D eigenvalue weighted by Crippen LogP contribution is -2.54. The second-order valence-corrected chi connectivity index (χ2v) is 14.2. The Morgan fingerprint density at radius 1 is 0.953 bits per heavy atom. The minimum atomic E-state index is -3.85. The van der Waals surface area contributed by atoms with Gasteiger partial charge in [-0.2, -0.15) is 0 Å². The first-order valence-electron chi connectivity index (χ1n) is 14.6. The predicted molar refractivity (Wildman–Crippen MR) is 174 cm³/mol. The molecule has 0 aliphatic heterocycles. The molecule has 0 radical (unpaired) electrons. The number of sulfonamides is 1. The summed E-state index contributed by atoms with van der Waals surface area (Å²) in [6.45, 7) is 3.62. The zero-order valence-corrected chi connectivity index (χ0v) is 27.1. The minimum absolute atomic E-state index is 0.00564. The maximum atomic E-state index is 14.3. The van der Waals surface area contributed by atoms with Crippen molar-refractivity contribution in [2.75, 3.05) is 17.1 Å². The number of hydrogen-bond acceptors (Lipinski definition) is 4. The molecule has 0 aromatic heterocycles. The number of nitrogens with zero attached hydrogens (tertiary/aromatic N) is 2. The summed E-state index contributed by atoms with van der Waals surface area (Å²) in [5.41, 5.74) is 2.89. The molecule has 43 heavy (non-hydrogen) atoms. The van der Waals surface area contributed by atoms with Crippen molar-refractivity contribution >= 4 is 50.7 Å². The molecule has 2 amide bonds. The molecule has 0 spiro atoms. The zero-order valence-electron chi connectivity index (χ0n) is 24.8. The fraction of sp³-hybridized carbons (Fsp3) is 0.394. The van der Waals surface area contributed by atoms with Crippen LogP contribution in [0.5, 0.6) is 0 Å². The van der Waals surface area contributed by atoms with E-state index >= 15 is 0 Å². The lowest BCUT2D eigenvalue weighted by molar-refractivity contribution is -0.140. The Morgan fingerprint density at radius 2 is 1.60 bits per heavy atom. The summed E-state index contributed by atoms with van der Waals surface area (Å²) in [6.07, 6.45) is 5.17. The number of nitrogens with one attached hydrogen (secondary N) is 1. The Hall–Kier alpha value is -3.07. The molecule has 1 aliphatic carbocycles. The van der Waals surface area contributed by atoms with Crippen molar-refractivity contribution in [1.82, 2.24) is 10.2 Å². The number of carbonyl (C=O) groups is 2. The normalized spacial score (nSPS) is 14.5. The van der Waals surface area contributed by atoms with Gasteiger partial charge in [0.1, 0.15) is 12.6 Å². The Morgan fingerprint density at radius 3 is 2.19 bits per heavy atom. The second-order valence-electron chi connectivity index (χ2n) is 11.5. The molecule has 1 saturated carbocycles. The fourth-order valence-corrected chi connectivity index (χ4v) is 6.71. The van der Waals surface area contributed by atoms with Gasteiger partial charge in [-0.25, -0.2) is 8.42 Å². The van der Waals surface area contributed by atoms with Crippen molar-refractivity contribution in [1.29, 1.82) is 0 Å². The predicted octanol–water partition coefficient (Wildman–Crippen LogP) is 6.58. The van der Waals surface area contributed by atoms with Gasteiger partial charge < -0.3 is 10.2 Å². The van der Waals surface area contributed by atoms with Gasteiger partial charge in [-0.15, -0.1) is 0 Å². The van der Waals surface area contributed by atoms with Crippen LogP contribution in [0.4, 0.5) is 5.69 Å². The average Bonchev–Trinajstić information content (AvgIpc) is 3.47. The van der Waals surface area contributed by atoms with Crippen LogP contribution in [0.3, 0.4) is 0 Å². The molecule has 0 heterocycles. The van der Waals surface area contributed by atoms with Gasteiger partial charge in [0, 0.05) is 29.1 Å². The summed E-state index contributed by atoms with van der Waals surface area (Å²) in [7, 11) is -3.85. The van der Waals surface area contributed by atoms with Crippen molar-refractivity contribution in [3.05, 3.63) is 99.5 Å². The Balaban J connectivity index is 1.73. The molecule has 0 bridgehead atoms. The molecular formula is C33H39Cl2N3O4S. The largest absolute Gasteiger partial charge is 0.352 e. The van der Waals surface area contributed by atoms with Crippen molar-refractivity contribution < 1.29 is 18.0 Å². The number of anilines is 1. The lowest BCUT2D eigenvalue weighted by Gasteiger charge is -2.34. The summed E-state index contributed by atoms with van der Waals surface area (Å²) in [6, 6.07) is 20.7. The van der Waals surface area contributed by atoms with Gasteiger partial charge in [0.05, 0.1) is 11.9 Å². The lowest BCUT2D eigenvalue weighted by atomic mass is 10.0. The third-order valence-corrected chi connectivity index (χ3v) is 9.58. The molecule has 1 aliphatic rings. The Bertz CT molecular complexity index is 1510. The van der Waals surface area contributed by atoms with Gasteiger partial charge in [0.25, 0.3) is 0 Å². The van der Waals surface area contributed by atoms with Crippen molar-refractivity contribution in [2.45, 2.75) is 70.5 Å². The number of benzene rings is 3. The van der Waals surface area contributed by atoms with Crippen molar-refractivity contribution in [3.63, 3.8) is 0 Å². The van der Waals surface area contributed by atoms with Gasteiger partial charge in [0.15, 0.2) is 0 Å². The van der Waals surface area contributed by atoms with Crippen molar-refractivity contribution in [2.24, 2.45) is 0 Å². The molecule has 7 nitrogen and oxygen atoms in total. The summed E-state index contributed by atoms with van der Waals surface area (Å²) < 4.78 is 27.1. The topological polar surface area (TPSA) is 86.8 Å². The van der Waals surface area contributed by atoms with E-state index in [2.05, 4.69) is 19.2 Å². The first kappa shape index (κ1) is 32.8. The van der Waals surface area contributed by atoms with E-state index in [1.807, 2.05) is 42.5 Å². The maximum Gasteiger partial charge on any atom is 0.244 e. The first-order valence-corrected chi connectivity index (χ1v) is 17.2.